The minimum absolute atomic E-state index is 0.550. The van der Waals surface area contributed by atoms with Crippen molar-refractivity contribution >= 4 is 11.8 Å². The highest BCUT2D eigenvalue weighted by molar-refractivity contribution is 7.99. The van der Waals surface area contributed by atoms with Gasteiger partial charge in [-0.2, -0.15) is 5.26 Å². The first-order valence-electron chi connectivity index (χ1n) is 17.4. The highest BCUT2D eigenvalue weighted by atomic mass is 32.2. The van der Waals surface area contributed by atoms with E-state index in [1.165, 1.54) is 43.2 Å². The van der Waals surface area contributed by atoms with Crippen LogP contribution in [0.3, 0.4) is 0 Å². The van der Waals surface area contributed by atoms with E-state index in [4.69, 9.17) is 9.97 Å². The number of hydrogen-bond acceptors (Lipinski definition) is 4. The third-order valence-electron chi connectivity index (χ3n) is 10.4. The average molecular weight is 680 g/mol. The first-order chi connectivity index (χ1) is 25.7. The third-order valence-corrected chi connectivity index (χ3v) is 11.6. The molecule has 10 rings (SSSR count). The van der Waals surface area contributed by atoms with Crippen molar-refractivity contribution in [1.82, 2.24) is 9.97 Å². The van der Waals surface area contributed by atoms with E-state index in [2.05, 4.69) is 140 Å². The minimum atomic E-state index is -0.550. The van der Waals surface area contributed by atoms with Gasteiger partial charge in [0.1, 0.15) is 0 Å². The molecule has 1 aliphatic heterocycles. The zero-order valence-corrected chi connectivity index (χ0v) is 28.8. The van der Waals surface area contributed by atoms with E-state index in [-0.39, 0.29) is 0 Å². The van der Waals surface area contributed by atoms with Gasteiger partial charge >= 0.3 is 0 Å². The molecule has 0 N–H and O–H groups in total. The summed E-state index contributed by atoms with van der Waals surface area (Å²) < 4.78 is 0. The molecule has 0 bridgehead atoms. The second kappa shape index (κ2) is 12.1. The summed E-state index contributed by atoms with van der Waals surface area (Å²) in [5.41, 5.74) is 14.6. The van der Waals surface area contributed by atoms with Crippen LogP contribution in [-0.2, 0) is 5.41 Å². The Balaban J connectivity index is 1.12. The van der Waals surface area contributed by atoms with Crippen LogP contribution in [0.25, 0.3) is 56.2 Å². The second-order valence-corrected chi connectivity index (χ2v) is 14.3. The van der Waals surface area contributed by atoms with Gasteiger partial charge in [-0.05, 0) is 80.9 Å². The molecule has 0 saturated carbocycles. The molecule has 8 aromatic rings. The van der Waals surface area contributed by atoms with Crippen molar-refractivity contribution in [2.75, 3.05) is 0 Å². The van der Waals surface area contributed by atoms with Crippen molar-refractivity contribution in [2.45, 2.75) is 15.2 Å². The fourth-order valence-electron chi connectivity index (χ4n) is 8.05. The molecule has 7 aromatic carbocycles. The molecule has 1 unspecified atom stereocenters. The van der Waals surface area contributed by atoms with E-state index in [9.17, 15) is 5.26 Å². The van der Waals surface area contributed by atoms with Crippen LogP contribution in [-0.4, -0.2) is 9.97 Å². The zero-order chi connectivity index (χ0) is 34.6. The summed E-state index contributed by atoms with van der Waals surface area (Å²) in [7, 11) is 0. The number of benzene rings is 7. The van der Waals surface area contributed by atoms with Gasteiger partial charge in [0.15, 0.2) is 5.82 Å². The quantitative estimate of drug-likeness (QED) is 0.186. The summed E-state index contributed by atoms with van der Waals surface area (Å²) in [6, 6.07) is 64.3. The lowest BCUT2D eigenvalue weighted by atomic mass is 9.67. The van der Waals surface area contributed by atoms with Crippen LogP contribution in [0.15, 0.2) is 186 Å². The maximum Gasteiger partial charge on any atom is 0.160 e. The van der Waals surface area contributed by atoms with Crippen LogP contribution in [0.2, 0.25) is 0 Å². The molecule has 0 saturated heterocycles. The standard InChI is InChI=1S/C48H29N3S/c49-30-31-19-26-46-42(27-31)48(40-17-9-10-18-45(40)52-46)39-16-8-7-15-37(39)38-25-24-36(28-41(38)48)32-20-22-35(23-21-32)47-50-43(33-11-3-1-4-12-33)29-44(51-47)34-13-5-2-6-14-34/h1-29H. The molecule has 52 heavy (non-hydrogen) atoms. The van der Waals surface area contributed by atoms with E-state index < -0.39 is 5.41 Å². The van der Waals surface area contributed by atoms with Gasteiger partial charge in [0, 0.05) is 26.5 Å². The van der Waals surface area contributed by atoms with Crippen molar-refractivity contribution < 1.29 is 0 Å². The summed E-state index contributed by atoms with van der Waals surface area (Å²) in [5, 5.41) is 10.0. The van der Waals surface area contributed by atoms with Gasteiger partial charge in [0.25, 0.3) is 0 Å². The lowest BCUT2D eigenvalue weighted by Gasteiger charge is -2.39. The van der Waals surface area contributed by atoms with Gasteiger partial charge in [-0.3, -0.25) is 0 Å². The fraction of sp³-hybridized carbons (Fsp3) is 0.0208. The molecule has 4 heteroatoms. The average Bonchev–Trinajstić information content (AvgIpc) is 3.51. The SMILES string of the molecule is N#Cc1ccc2c(c1)C1(c3ccccc3S2)c2ccccc2-c2ccc(-c3ccc(-c4nc(-c5ccccc5)cc(-c5ccccc5)n4)cc3)cc21. The second-order valence-electron chi connectivity index (χ2n) is 13.2. The van der Waals surface area contributed by atoms with E-state index >= 15 is 0 Å². The summed E-state index contributed by atoms with van der Waals surface area (Å²) >= 11 is 1.79. The van der Waals surface area contributed by atoms with Crippen LogP contribution in [0.4, 0.5) is 0 Å². The first-order valence-corrected chi connectivity index (χ1v) is 18.2. The van der Waals surface area contributed by atoms with E-state index in [0.717, 1.165) is 39.2 Å². The Kier molecular flexibility index (Phi) is 7.02. The maximum atomic E-state index is 10.0. The van der Waals surface area contributed by atoms with Gasteiger partial charge in [0.05, 0.1) is 28.4 Å². The number of nitrogens with zero attached hydrogens (tertiary/aromatic N) is 3. The van der Waals surface area contributed by atoms with E-state index in [1.807, 2.05) is 42.5 Å². The fourth-order valence-corrected chi connectivity index (χ4v) is 9.22. The summed E-state index contributed by atoms with van der Waals surface area (Å²) in [6.07, 6.45) is 0. The van der Waals surface area contributed by atoms with Crippen molar-refractivity contribution in [1.29, 1.82) is 5.26 Å². The first kappa shape index (κ1) is 30.3. The Bertz CT molecular complexity index is 2660. The molecular weight excluding hydrogens is 651 g/mol. The number of aromatic nitrogens is 2. The van der Waals surface area contributed by atoms with Crippen LogP contribution in [0.1, 0.15) is 27.8 Å². The summed E-state index contributed by atoms with van der Waals surface area (Å²) in [4.78, 5) is 12.5. The molecule has 0 fully saturated rings. The molecule has 0 radical (unpaired) electrons. The monoisotopic (exact) mass is 679 g/mol. The highest BCUT2D eigenvalue weighted by Gasteiger charge is 2.50. The maximum absolute atomic E-state index is 10.0. The number of hydrogen-bond donors (Lipinski definition) is 0. The van der Waals surface area contributed by atoms with Gasteiger partial charge in [-0.25, -0.2) is 9.97 Å². The molecule has 1 spiro atoms. The van der Waals surface area contributed by atoms with Crippen LogP contribution < -0.4 is 0 Å². The van der Waals surface area contributed by atoms with Crippen molar-refractivity contribution in [3.05, 3.63) is 204 Å². The Labute approximate surface area is 307 Å². The molecule has 242 valence electrons. The number of fused-ring (bicyclic) bond motifs is 9. The van der Waals surface area contributed by atoms with Gasteiger partial charge in [-0.15, -0.1) is 0 Å². The molecule has 1 atom stereocenters. The van der Waals surface area contributed by atoms with E-state index in [0.29, 0.717) is 11.4 Å². The molecule has 0 amide bonds. The Morgan fingerprint density at radius 1 is 0.423 bits per heavy atom. The molecule has 1 aromatic heterocycles. The van der Waals surface area contributed by atoms with Crippen LogP contribution >= 0.6 is 11.8 Å². The van der Waals surface area contributed by atoms with Gasteiger partial charge in [0.2, 0.25) is 0 Å². The predicted octanol–water partition coefficient (Wildman–Crippen LogP) is 11.8. The van der Waals surface area contributed by atoms with Crippen molar-refractivity contribution in [3.8, 4) is 62.2 Å². The molecular formula is C48H29N3S. The summed E-state index contributed by atoms with van der Waals surface area (Å²) in [5.74, 6) is 0.691. The van der Waals surface area contributed by atoms with Crippen molar-refractivity contribution in [2.24, 2.45) is 0 Å². The number of nitriles is 1. The third kappa shape index (κ3) is 4.67. The van der Waals surface area contributed by atoms with E-state index in [1.54, 1.807) is 11.8 Å². The summed E-state index contributed by atoms with van der Waals surface area (Å²) in [6.45, 7) is 0. The Hall–Kier alpha value is -6.54. The minimum Gasteiger partial charge on any atom is -0.228 e. The van der Waals surface area contributed by atoms with Crippen LogP contribution in [0, 0.1) is 11.3 Å². The predicted molar refractivity (Wildman–Crippen MR) is 210 cm³/mol. The lowest BCUT2D eigenvalue weighted by Crippen LogP contribution is -2.32. The highest BCUT2D eigenvalue weighted by Crippen LogP contribution is 2.62. The Morgan fingerprint density at radius 3 is 1.71 bits per heavy atom. The molecule has 2 aliphatic rings. The number of rotatable bonds is 4. The lowest BCUT2D eigenvalue weighted by molar-refractivity contribution is 0.722. The van der Waals surface area contributed by atoms with Crippen molar-refractivity contribution in [3.63, 3.8) is 0 Å². The topological polar surface area (TPSA) is 49.6 Å². The van der Waals surface area contributed by atoms with Gasteiger partial charge < -0.3 is 0 Å². The zero-order valence-electron chi connectivity index (χ0n) is 28.0. The molecule has 3 nitrogen and oxygen atoms in total. The molecule has 1 aliphatic carbocycles. The normalized spacial score (nSPS) is 14.9. The van der Waals surface area contributed by atoms with Gasteiger partial charge in [-0.1, -0.05) is 151 Å². The molecule has 2 heterocycles. The smallest absolute Gasteiger partial charge is 0.160 e. The van der Waals surface area contributed by atoms with Crippen LogP contribution in [0.5, 0.6) is 0 Å². The Morgan fingerprint density at radius 2 is 1.00 bits per heavy atom. The largest absolute Gasteiger partial charge is 0.228 e.